The Morgan fingerprint density at radius 1 is 1.30 bits per heavy atom. The van der Waals surface area contributed by atoms with Gasteiger partial charge >= 0.3 is 5.97 Å². The number of halogens is 1. The van der Waals surface area contributed by atoms with Gasteiger partial charge in [0.1, 0.15) is 12.3 Å². The number of aromatic hydroxyl groups is 1. The Balaban J connectivity index is 1.77. The lowest BCUT2D eigenvalue weighted by Gasteiger charge is -2.28. The van der Waals surface area contributed by atoms with Gasteiger partial charge in [-0.25, -0.2) is 0 Å². The predicted octanol–water partition coefficient (Wildman–Crippen LogP) is 2.28. The Bertz CT molecular complexity index is 724. The molecule has 2 aromatic rings. The van der Waals surface area contributed by atoms with Crippen molar-refractivity contribution in [2.75, 3.05) is 20.2 Å². The normalized spacial score (nSPS) is 21.3. The lowest BCUT2D eigenvalue weighted by Crippen LogP contribution is -3.11. The number of phenolic OH excluding ortho intramolecular Hbond substituents is 1. The van der Waals surface area contributed by atoms with Crippen LogP contribution in [-0.2, 0) is 16.1 Å². The summed E-state index contributed by atoms with van der Waals surface area (Å²) in [5.41, 5.74) is 0.988. The van der Waals surface area contributed by atoms with Crippen molar-refractivity contribution in [3.8, 4) is 5.75 Å². The molecule has 122 valence electrons. The molecular weight excluding hydrogens is 358 g/mol. The molecule has 0 bridgehead atoms. The maximum atomic E-state index is 11.6. The zero-order chi connectivity index (χ0) is 16.4. The Hall–Kier alpha value is -1.59. The molecule has 0 amide bonds. The number of nitrogens with one attached hydrogen (secondary N) is 1. The molecule has 2 N–H and O–H groups in total. The van der Waals surface area contributed by atoms with Gasteiger partial charge in [0, 0.05) is 17.3 Å². The third-order valence-electron chi connectivity index (χ3n) is 4.72. The Labute approximate surface area is 144 Å². The predicted molar refractivity (Wildman–Crippen MR) is 92.5 cm³/mol. The molecule has 1 heterocycles. The average Bonchev–Trinajstić information content (AvgIpc) is 2.57. The van der Waals surface area contributed by atoms with Gasteiger partial charge in [-0.2, -0.15) is 0 Å². The number of benzene rings is 2. The summed E-state index contributed by atoms with van der Waals surface area (Å²) >= 11 is 3.49. The van der Waals surface area contributed by atoms with Crippen molar-refractivity contribution in [2.45, 2.75) is 19.4 Å². The Kier molecular flexibility index (Phi) is 4.87. The third-order valence-corrected chi connectivity index (χ3v) is 5.22. The van der Waals surface area contributed by atoms with Gasteiger partial charge in [-0.15, -0.1) is 0 Å². The van der Waals surface area contributed by atoms with E-state index in [0.717, 1.165) is 53.3 Å². The highest BCUT2D eigenvalue weighted by Crippen LogP contribution is 2.29. The van der Waals surface area contributed by atoms with Gasteiger partial charge < -0.3 is 14.7 Å². The van der Waals surface area contributed by atoms with Gasteiger partial charge in [0.15, 0.2) is 0 Å². The summed E-state index contributed by atoms with van der Waals surface area (Å²) in [5.74, 6) is 0.283. The summed E-state index contributed by atoms with van der Waals surface area (Å²) in [5, 5.41) is 12.5. The Morgan fingerprint density at radius 3 is 2.74 bits per heavy atom. The van der Waals surface area contributed by atoms with Crippen molar-refractivity contribution < 1.29 is 19.5 Å². The molecule has 0 spiro atoms. The fraction of sp³-hybridized carbons (Fsp3) is 0.389. The molecular formula is C18H21BrNO3+. The van der Waals surface area contributed by atoms with Crippen LogP contribution in [-0.4, -0.2) is 31.3 Å². The standard InChI is InChI=1S/C18H20BrNO3/c1-23-18(22)12-6-8-20(9-7-12)11-16-15-4-3-14(19)10-13(15)2-5-17(16)21/h2-5,10,12,21H,6-9,11H2,1H3/p+1. The van der Waals surface area contributed by atoms with Gasteiger partial charge in [-0.05, 0) is 29.0 Å². The zero-order valence-corrected chi connectivity index (χ0v) is 14.7. The minimum absolute atomic E-state index is 0.0285. The van der Waals surface area contributed by atoms with E-state index < -0.39 is 0 Å². The first-order valence-electron chi connectivity index (χ1n) is 7.90. The van der Waals surface area contributed by atoms with Crippen LogP contribution in [0.2, 0.25) is 0 Å². The van der Waals surface area contributed by atoms with Crippen molar-refractivity contribution in [2.24, 2.45) is 5.92 Å². The minimum Gasteiger partial charge on any atom is -0.507 e. The van der Waals surface area contributed by atoms with E-state index in [-0.39, 0.29) is 11.9 Å². The maximum absolute atomic E-state index is 11.6. The fourth-order valence-electron chi connectivity index (χ4n) is 3.39. The van der Waals surface area contributed by atoms with E-state index in [4.69, 9.17) is 4.74 Å². The van der Waals surface area contributed by atoms with Crippen LogP contribution in [0.5, 0.6) is 5.75 Å². The summed E-state index contributed by atoms with van der Waals surface area (Å²) in [6.45, 7) is 2.62. The van der Waals surface area contributed by atoms with Crippen molar-refractivity contribution in [3.05, 3.63) is 40.4 Å². The monoisotopic (exact) mass is 378 g/mol. The molecule has 0 atom stereocenters. The van der Waals surface area contributed by atoms with E-state index in [1.165, 1.54) is 12.0 Å². The quantitative estimate of drug-likeness (QED) is 0.805. The number of hydrogen-bond acceptors (Lipinski definition) is 3. The summed E-state index contributed by atoms with van der Waals surface area (Å²) in [7, 11) is 1.45. The van der Waals surface area contributed by atoms with Crippen molar-refractivity contribution >= 4 is 32.7 Å². The highest BCUT2D eigenvalue weighted by Gasteiger charge is 2.28. The van der Waals surface area contributed by atoms with E-state index in [0.29, 0.717) is 5.75 Å². The molecule has 1 aliphatic heterocycles. The number of hydrogen-bond donors (Lipinski definition) is 2. The molecule has 0 saturated carbocycles. The van der Waals surface area contributed by atoms with E-state index in [2.05, 4.69) is 28.1 Å². The number of piperidine rings is 1. The van der Waals surface area contributed by atoms with Crippen molar-refractivity contribution in [3.63, 3.8) is 0 Å². The second kappa shape index (κ2) is 6.89. The molecule has 3 rings (SSSR count). The number of quaternary nitrogens is 1. The number of methoxy groups -OCH3 is 1. The van der Waals surface area contributed by atoms with Gasteiger partial charge in [0.2, 0.25) is 0 Å². The number of carbonyl (C=O) groups excluding carboxylic acids is 1. The number of likely N-dealkylation sites (tertiary alicyclic amines) is 1. The number of rotatable bonds is 3. The largest absolute Gasteiger partial charge is 0.507 e. The second-order valence-corrected chi connectivity index (χ2v) is 7.07. The molecule has 1 aliphatic rings. The number of esters is 1. The van der Waals surface area contributed by atoms with Crippen LogP contribution in [0.15, 0.2) is 34.8 Å². The number of fused-ring (bicyclic) bond motifs is 1. The number of ether oxygens (including phenoxy) is 1. The number of carbonyl (C=O) groups is 1. The maximum Gasteiger partial charge on any atom is 0.309 e. The van der Waals surface area contributed by atoms with Crippen LogP contribution in [0.1, 0.15) is 18.4 Å². The minimum atomic E-state index is -0.0955. The zero-order valence-electron chi connectivity index (χ0n) is 13.1. The summed E-state index contributed by atoms with van der Waals surface area (Å²) in [4.78, 5) is 13.0. The van der Waals surface area contributed by atoms with Gasteiger partial charge in [-0.1, -0.05) is 28.1 Å². The first kappa shape index (κ1) is 16.3. The Morgan fingerprint density at radius 2 is 2.04 bits per heavy atom. The van der Waals surface area contributed by atoms with Crippen LogP contribution < -0.4 is 4.90 Å². The molecule has 0 aromatic heterocycles. The first-order chi connectivity index (χ1) is 11.1. The average molecular weight is 379 g/mol. The molecule has 0 radical (unpaired) electrons. The number of phenols is 1. The van der Waals surface area contributed by atoms with Crippen molar-refractivity contribution in [1.29, 1.82) is 0 Å². The topological polar surface area (TPSA) is 51.0 Å². The molecule has 4 nitrogen and oxygen atoms in total. The van der Waals surface area contributed by atoms with E-state index in [9.17, 15) is 9.90 Å². The lowest BCUT2D eigenvalue weighted by molar-refractivity contribution is -0.919. The lowest BCUT2D eigenvalue weighted by atomic mass is 9.96. The molecule has 5 heteroatoms. The molecule has 2 aromatic carbocycles. The summed E-state index contributed by atoms with van der Waals surface area (Å²) in [6.07, 6.45) is 1.69. The summed E-state index contributed by atoms with van der Waals surface area (Å²) in [6, 6.07) is 9.83. The smallest absolute Gasteiger partial charge is 0.309 e. The highest BCUT2D eigenvalue weighted by molar-refractivity contribution is 9.10. The van der Waals surface area contributed by atoms with Crippen LogP contribution in [0.4, 0.5) is 0 Å². The van der Waals surface area contributed by atoms with Crippen LogP contribution >= 0.6 is 15.9 Å². The van der Waals surface area contributed by atoms with Crippen LogP contribution in [0, 0.1) is 5.92 Å². The third kappa shape index (κ3) is 3.51. The molecule has 1 fully saturated rings. The fourth-order valence-corrected chi connectivity index (χ4v) is 3.77. The van der Waals surface area contributed by atoms with Gasteiger partial charge in [-0.3, -0.25) is 4.79 Å². The van der Waals surface area contributed by atoms with E-state index in [1.807, 2.05) is 12.1 Å². The summed E-state index contributed by atoms with van der Waals surface area (Å²) < 4.78 is 5.87. The molecule has 0 unspecified atom stereocenters. The molecule has 0 aliphatic carbocycles. The highest BCUT2D eigenvalue weighted by atomic mass is 79.9. The van der Waals surface area contributed by atoms with E-state index in [1.54, 1.807) is 6.07 Å². The van der Waals surface area contributed by atoms with Crippen LogP contribution in [0.25, 0.3) is 10.8 Å². The first-order valence-corrected chi connectivity index (χ1v) is 8.69. The van der Waals surface area contributed by atoms with Gasteiger partial charge in [0.05, 0.1) is 31.7 Å². The van der Waals surface area contributed by atoms with E-state index >= 15 is 0 Å². The van der Waals surface area contributed by atoms with Crippen molar-refractivity contribution in [1.82, 2.24) is 0 Å². The molecule has 23 heavy (non-hydrogen) atoms. The second-order valence-electron chi connectivity index (χ2n) is 6.15. The van der Waals surface area contributed by atoms with Crippen LogP contribution in [0.3, 0.4) is 0 Å². The SMILES string of the molecule is COC(=O)C1CC[NH+](Cc2c(O)ccc3cc(Br)ccc23)CC1. The molecule has 1 saturated heterocycles. The van der Waals surface area contributed by atoms with Gasteiger partial charge in [0.25, 0.3) is 0 Å².